The molecule has 158 valence electrons. The number of fused-ring (bicyclic) bond motifs is 1. The number of carbonyl (C=O) groups is 2. The predicted octanol–water partition coefficient (Wildman–Crippen LogP) is 4.35. The third-order valence-corrected chi connectivity index (χ3v) is 6.52. The molecule has 0 bridgehead atoms. The van der Waals surface area contributed by atoms with Crippen LogP contribution in [0.2, 0.25) is 0 Å². The summed E-state index contributed by atoms with van der Waals surface area (Å²) in [6, 6.07) is 11.6. The van der Waals surface area contributed by atoms with E-state index >= 15 is 0 Å². The second kappa shape index (κ2) is 7.69. The van der Waals surface area contributed by atoms with Gasteiger partial charge in [0.25, 0.3) is 5.91 Å². The van der Waals surface area contributed by atoms with Crippen molar-refractivity contribution >= 4 is 23.2 Å². The second-order valence-corrected chi connectivity index (χ2v) is 8.75. The van der Waals surface area contributed by atoms with Gasteiger partial charge in [-0.2, -0.15) is 0 Å². The first-order chi connectivity index (χ1) is 15.0. The Kier molecular flexibility index (Phi) is 4.85. The molecule has 1 fully saturated rings. The number of nitrogens with zero attached hydrogens (tertiary/aromatic N) is 2. The van der Waals surface area contributed by atoms with E-state index in [2.05, 4.69) is 21.7 Å². The Balaban J connectivity index is 1.32. The van der Waals surface area contributed by atoms with Gasteiger partial charge in [0.1, 0.15) is 0 Å². The molecule has 31 heavy (non-hydrogen) atoms. The number of rotatable bonds is 6. The summed E-state index contributed by atoms with van der Waals surface area (Å²) in [4.78, 5) is 30.0. The molecule has 2 aliphatic carbocycles. The molecule has 0 spiro atoms. The highest BCUT2D eigenvalue weighted by Gasteiger charge is 2.50. The van der Waals surface area contributed by atoms with Crippen LogP contribution >= 0.6 is 0 Å². The van der Waals surface area contributed by atoms with Crippen LogP contribution in [-0.2, 0) is 24.2 Å². The number of aryl methyl sites for hydroxylation is 2. The summed E-state index contributed by atoms with van der Waals surface area (Å²) in [5, 5.41) is 6.14. The van der Waals surface area contributed by atoms with Gasteiger partial charge < -0.3 is 15.2 Å². The van der Waals surface area contributed by atoms with Crippen molar-refractivity contribution in [2.24, 2.45) is 5.41 Å². The lowest BCUT2D eigenvalue weighted by Gasteiger charge is -2.18. The van der Waals surface area contributed by atoms with Crippen LogP contribution in [0.4, 0.5) is 11.4 Å². The summed E-state index contributed by atoms with van der Waals surface area (Å²) < 4.78 is 1.95. The van der Waals surface area contributed by atoms with Gasteiger partial charge in [0.05, 0.1) is 11.7 Å². The second-order valence-electron chi connectivity index (χ2n) is 8.75. The minimum Gasteiger partial charge on any atom is -0.336 e. The van der Waals surface area contributed by atoms with Gasteiger partial charge in [0.2, 0.25) is 5.91 Å². The number of aromatic nitrogens is 2. The summed E-state index contributed by atoms with van der Waals surface area (Å²) in [6.07, 6.45) is 10.3. The maximum absolute atomic E-state index is 13.0. The highest BCUT2D eigenvalue weighted by molar-refractivity contribution is 6.06. The number of imidazole rings is 1. The van der Waals surface area contributed by atoms with Crippen LogP contribution in [0.25, 0.3) is 0 Å². The average Bonchev–Trinajstić information content (AvgIpc) is 3.14. The van der Waals surface area contributed by atoms with Crippen molar-refractivity contribution in [1.82, 2.24) is 9.55 Å². The molecule has 6 heteroatoms. The molecule has 1 heterocycles. The molecular weight excluding hydrogens is 388 g/mol. The summed E-state index contributed by atoms with van der Waals surface area (Å²) in [5.41, 5.74) is 5.22. The van der Waals surface area contributed by atoms with E-state index in [1.54, 1.807) is 18.6 Å². The number of hydrogen-bond donors (Lipinski definition) is 2. The van der Waals surface area contributed by atoms with Gasteiger partial charge in [0.15, 0.2) is 0 Å². The predicted molar refractivity (Wildman–Crippen MR) is 120 cm³/mol. The van der Waals surface area contributed by atoms with Crippen molar-refractivity contribution in [3.05, 3.63) is 77.4 Å². The van der Waals surface area contributed by atoms with Gasteiger partial charge in [-0.3, -0.25) is 9.59 Å². The van der Waals surface area contributed by atoms with Gasteiger partial charge in [-0.15, -0.1) is 0 Å². The van der Waals surface area contributed by atoms with E-state index in [-0.39, 0.29) is 11.8 Å². The first kappa shape index (κ1) is 19.5. The van der Waals surface area contributed by atoms with Crippen LogP contribution in [0.5, 0.6) is 0 Å². The molecule has 2 aromatic carbocycles. The lowest BCUT2D eigenvalue weighted by Crippen LogP contribution is -2.28. The van der Waals surface area contributed by atoms with Crippen molar-refractivity contribution in [2.75, 3.05) is 10.6 Å². The molecule has 2 amide bonds. The lowest BCUT2D eigenvalue weighted by molar-refractivity contribution is -0.121. The van der Waals surface area contributed by atoms with Gasteiger partial charge in [-0.25, -0.2) is 4.98 Å². The van der Waals surface area contributed by atoms with Gasteiger partial charge in [0, 0.05) is 35.9 Å². The lowest BCUT2D eigenvalue weighted by atomic mass is 10.0. The van der Waals surface area contributed by atoms with E-state index in [1.807, 2.05) is 42.0 Å². The SMILES string of the molecule is Cc1ccc(C(=O)Nc2cccc3c2CCC3)cc1NC(=O)C1(Cn2ccnc2)CC1. The summed E-state index contributed by atoms with van der Waals surface area (Å²) >= 11 is 0. The largest absolute Gasteiger partial charge is 0.336 e. The molecule has 1 saturated carbocycles. The normalized spacial score (nSPS) is 15.9. The highest BCUT2D eigenvalue weighted by Crippen LogP contribution is 2.48. The van der Waals surface area contributed by atoms with Crippen molar-refractivity contribution < 1.29 is 9.59 Å². The summed E-state index contributed by atoms with van der Waals surface area (Å²) in [6.45, 7) is 2.56. The molecular formula is C25H26N4O2. The zero-order valence-electron chi connectivity index (χ0n) is 17.6. The molecule has 0 aliphatic heterocycles. The molecule has 5 rings (SSSR count). The molecule has 1 aromatic heterocycles. The molecule has 2 N–H and O–H groups in total. The minimum absolute atomic E-state index is 0.00253. The van der Waals surface area contributed by atoms with Crippen LogP contribution in [0, 0.1) is 12.3 Å². The minimum atomic E-state index is -0.393. The Labute approximate surface area is 181 Å². The maximum atomic E-state index is 13.0. The third kappa shape index (κ3) is 3.85. The fourth-order valence-electron chi connectivity index (χ4n) is 4.42. The number of nitrogens with one attached hydrogen (secondary N) is 2. The number of amides is 2. The monoisotopic (exact) mass is 414 g/mol. The van der Waals surface area contributed by atoms with E-state index < -0.39 is 5.41 Å². The standard InChI is InChI=1S/C25H26N4O2/c1-17-8-9-19(23(30)27-21-7-3-5-18-4-2-6-20(18)21)14-22(17)28-24(31)25(10-11-25)15-29-13-12-26-16-29/h3,5,7-9,12-14,16H,2,4,6,10-11,15H2,1H3,(H,27,30)(H,28,31). The van der Waals surface area contributed by atoms with Crippen molar-refractivity contribution in [3.8, 4) is 0 Å². The Morgan fingerprint density at radius 3 is 2.74 bits per heavy atom. The third-order valence-electron chi connectivity index (χ3n) is 6.52. The fourth-order valence-corrected chi connectivity index (χ4v) is 4.42. The Bertz CT molecular complexity index is 1150. The first-order valence-electron chi connectivity index (χ1n) is 10.8. The molecule has 0 unspecified atom stereocenters. The molecule has 6 nitrogen and oxygen atoms in total. The van der Waals surface area contributed by atoms with Gasteiger partial charge in [-0.1, -0.05) is 18.2 Å². The summed E-state index contributed by atoms with van der Waals surface area (Å²) in [7, 11) is 0. The van der Waals surface area contributed by atoms with Crippen LogP contribution in [0.15, 0.2) is 55.1 Å². The Hall–Kier alpha value is -3.41. The number of hydrogen-bond acceptors (Lipinski definition) is 3. The fraction of sp³-hybridized carbons (Fsp3) is 0.320. The number of anilines is 2. The van der Waals surface area contributed by atoms with E-state index in [0.29, 0.717) is 17.8 Å². The first-order valence-corrected chi connectivity index (χ1v) is 10.8. The Morgan fingerprint density at radius 1 is 1.10 bits per heavy atom. The van der Waals surface area contributed by atoms with Crippen LogP contribution in [0.3, 0.4) is 0 Å². The summed E-state index contributed by atoms with van der Waals surface area (Å²) in [5.74, 6) is -0.155. The molecule has 3 aromatic rings. The highest BCUT2D eigenvalue weighted by atomic mass is 16.2. The number of carbonyl (C=O) groups excluding carboxylic acids is 2. The molecule has 0 atom stereocenters. The van der Waals surface area contributed by atoms with E-state index in [0.717, 1.165) is 43.4 Å². The van der Waals surface area contributed by atoms with Gasteiger partial charge in [-0.05, 0) is 73.9 Å². The van der Waals surface area contributed by atoms with E-state index in [9.17, 15) is 9.59 Å². The molecule has 0 radical (unpaired) electrons. The number of benzene rings is 2. The smallest absolute Gasteiger partial charge is 0.255 e. The van der Waals surface area contributed by atoms with Gasteiger partial charge >= 0.3 is 0 Å². The van der Waals surface area contributed by atoms with Crippen LogP contribution in [-0.4, -0.2) is 21.4 Å². The quantitative estimate of drug-likeness (QED) is 0.630. The topological polar surface area (TPSA) is 76.0 Å². The van der Waals surface area contributed by atoms with Crippen LogP contribution in [0.1, 0.15) is 46.3 Å². The Morgan fingerprint density at radius 2 is 1.97 bits per heavy atom. The van der Waals surface area contributed by atoms with Crippen molar-refractivity contribution in [3.63, 3.8) is 0 Å². The zero-order valence-corrected chi connectivity index (χ0v) is 17.6. The average molecular weight is 415 g/mol. The molecule has 2 aliphatic rings. The van der Waals surface area contributed by atoms with Crippen molar-refractivity contribution in [1.29, 1.82) is 0 Å². The maximum Gasteiger partial charge on any atom is 0.255 e. The zero-order chi connectivity index (χ0) is 21.4. The van der Waals surface area contributed by atoms with Crippen LogP contribution < -0.4 is 10.6 Å². The molecule has 0 saturated heterocycles. The van der Waals surface area contributed by atoms with E-state index in [4.69, 9.17) is 0 Å². The van der Waals surface area contributed by atoms with Crippen molar-refractivity contribution in [2.45, 2.75) is 45.6 Å². The van der Waals surface area contributed by atoms with E-state index in [1.165, 1.54) is 11.1 Å².